The molecule has 0 amide bonds. The third-order valence-electron chi connectivity index (χ3n) is 2.02. The summed E-state index contributed by atoms with van der Waals surface area (Å²) in [6.45, 7) is 2.42. The lowest BCUT2D eigenvalue weighted by Crippen LogP contribution is -2.03. The van der Waals surface area contributed by atoms with Crippen LogP contribution >= 0.6 is 0 Å². The zero-order valence-electron chi connectivity index (χ0n) is 9.94. The summed E-state index contributed by atoms with van der Waals surface area (Å²) in [6.07, 6.45) is 2.42. The second kappa shape index (κ2) is 7.00. The molecule has 1 rings (SSSR count). The number of aryl methyl sites for hydroxylation is 1. The molecule has 18 heavy (non-hydrogen) atoms. The monoisotopic (exact) mass is 250 g/mol. The topological polar surface area (TPSA) is 103 Å². The van der Waals surface area contributed by atoms with Gasteiger partial charge in [0.05, 0.1) is 17.8 Å². The number of hydrogen-bond donors (Lipinski definition) is 1. The predicted molar refractivity (Wildman–Crippen MR) is 69.4 cm³/mol. The van der Waals surface area contributed by atoms with E-state index in [2.05, 4.69) is 9.98 Å². The number of aliphatic imine (C=N–C) groups is 2. The lowest BCUT2D eigenvalue weighted by molar-refractivity contribution is -0.385. The molecule has 0 unspecified atom stereocenters. The van der Waals surface area contributed by atoms with E-state index >= 15 is 0 Å². The molecule has 2 N–H and O–H groups in total. The van der Waals surface area contributed by atoms with Gasteiger partial charge in [0.2, 0.25) is 0 Å². The van der Waals surface area contributed by atoms with Crippen LogP contribution in [0, 0.1) is 17.0 Å². The standard InChI is InChI=1S/C11H14N4O3/c1-9-2-3-10(15(16)17)11(6-9)18-5-4-13-8-14-7-12/h2-3,6-8H,4-5H2,1H3,(H2,12,13,14). The summed E-state index contributed by atoms with van der Waals surface area (Å²) in [5.74, 6) is 0.248. The van der Waals surface area contributed by atoms with Crippen molar-refractivity contribution in [1.82, 2.24) is 0 Å². The summed E-state index contributed by atoms with van der Waals surface area (Å²) >= 11 is 0. The van der Waals surface area contributed by atoms with E-state index < -0.39 is 4.92 Å². The third-order valence-corrected chi connectivity index (χ3v) is 2.02. The van der Waals surface area contributed by atoms with Crippen LogP contribution in [0.1, 0.15) is 5.56 Å². The summed E-state index contributed by atoms with van der Waals surface area (Å²) < 4.78 is 5.32. The molecule has 96 valence electrons. The van der Waals surface area contributed by atoms with Crippen LogP contribution in [-0.4, -0.2) is 30.8 Å². The van der Waals surface area contributed by atoms with Gasteiger partial charge in [-0.2, -0.15) is 0 Å². The molecule has 1 aromatic carbocycles. The molecule has 7 nitrogen and oxygen atoms in total. The predicted octanol–water partition coefficient (Wildman–Crippen LogP) is 1.30. The first-order valence-electron chi connectivity index (χ1n) is 5.24. The van der Waals surface area contributed by atoms with Gasteiger partial charge in [-0.1, -0.05) is 6.07 Å². The molecule has 7 heteroatoms. The van der Waals surface area contributed by atoms with Crippen molar-refractivity contribution >= 4 is 18.4 Å². The number of ether oxygens (including phenoxy) is 1. The fourth-order valence-corrected chi connectivity index (χ4v) is 1.24. The van der Waals surface area contributed by atoms with E-state index in [1.807, 2.05) is 6.92 Å². The van der Waals surface area contributed by atoms with Gasteiger partial charge in [-0.3, -0.25) is 15.1 Å². The van der Waals surface area contributed by atoms with E-state index in [4.69, 9.17) is 10.5 Å². The molecule has 0 bridgehead atoms. The van der Waals surface area contributed by atoms with Gasteiger partial charge >= 0.3 is 5.69 Å². The highest BCUT2D eigenvalue weighted by Crippen LogP contribution is 2.27. The summed E-state index contributed by atoms with van der Waals surface area (Å²) in [4.78, 5) is 17.7. The molecule has 0 aliphatic rings. The van der Waals surface area contributed by atoms with E-state index in [-0.39, 0.29) is 18.0 Å². The molecule has 0 aromatic heterocycles. The second-order valence-electron chi connectivity index (χ2n) is 3.40. The molecule has 0 radical (unpaired) electrons. The maximum Gasteiger partial charge on any atom is 0.310 e. The van der Waals surface area contributed by atoms with Crippen molar-refractivity contribution in [3.8, 4) is 5.75 Å². The zero-order valence-corrected chi connectivity index (χ0v) is 9.94. The Bertz CT molecular complexity index is 471. The molecule has 0 aliphatic heterocycles. The molecule has 0 fully saturated rings. The van der Waals surface area contributed by atoms with E-state index in [1.54, 1.807) is 12.1 Å². The number of rotatable bonds is 6. The van der Waals surface area contributed by atoms with Crippen molar-refractivity contribution in [2.45, 2.75) is 6.92 Å². The van der Waals surface area contributed by atoms with E-state index in [9.17, 15) is 10.1 Å². The van der Waals surface area contributed by atoms with Crippen LogP contribution in [0.25, 0.3) is 0 Å². The molecular formula is C11H14N4O3. The Morgan fingerprint density at radius 2 is 2.33 bits per heavy atom. The Labute approximate surface area is 104 Å². The Hall–Kier alpha value is -2.44. The lowest BCUT2D eigenvalue weighted by Gasteiger charge is -2.05. The average Bonchev–Trinajstić information content (AvgIpc) is 2.33. The minimum absolute atomic E-state index is 0.0513. The molecule has 0 aliphatic carbocycles. The smallest absolute Gasteiger partial charge is 0.310 e. The first-order valence-corrected chi connectivity index (χ1v) is 5.24. The highest BCUT2D eigenvalue weighted by Gasteiger charge is 2.14. The largest absolute Gasteiger partial charge is 0.485 e. The van der Waals surface area contributed by atoms with Gasteiger partial charge in [0, 0.05) is 6.07 Å². The highest BCUT2D eigenvalue weighted by molar-refractivity contribution is 5.69. The number of nitrogens with zero attached hydrogens (tertiary/aromatic N) is 3. The lowest BCUT2D eigenvalue weighted by atomic mass is 10.2. The van der Waals surface area contributed by atoms with Gasteiger partial charge < -0.3 is 10.5 Å². The van der Waals surface area contributed by atoms with E-state index in [0.717, 1.165) is 11.9 Å². The van der Waals surface area contributed by atoms with Crippen molar-refractivity contribution in [3.63, 3.8) is 0 Å². The maximum atomic E-state index is 10.8. The van der Waals surface area contributed by atoms with Crippen LogP contribution in [-0.2, 0) is 0 Å². The maximum absolute atomic E-state index is 10.8. The van der Waals surface area contributed by atoms with Crippen LogP contribution in [0.2, 0.25) is 0 Å². The van der Waals surface area contributed by atoms with Crippen LogP contribution < -0.4 is 10.5 Å². The SMILES string of the molecule is Cc1ccc([N+](=O)[O-])c(OCCN=CN=CN)c1. The molecule has 0 saturated heterocycles. The molecule has 0 saturated carbocycles. The number of nitro benzene ring substituents is 1. The quantitative estimate of drug-likeness (QED) is 0.270. The van der Waals surface area contributed by atoms with Gasteiger partial charge in [0.15, 0.2) is 5.75 Å². The fourth-order valence-electron chi connectivity index (χ4n) is 1.24. The molecule has 0 atom stereocenters. The summed E-state index contributed by atoms with van der Waals surface area (Å²) in [5.41, 5.74) is 5.86. The van der Waals surface area contributed by atoms with Crippen LogP contribution in [0.5, 0.6) is 5.75 Å². The van der Waals surface area contributed by atoms with Crippen LogP contribution in [0.4, 0.5) is 5.69 Å². The average molecular weight is 250 g/mol. The van der Waals surface area contributed by atoms with E-state index in [0.29, 0.717) is 6.54 Å². The number of nitrogens with two attached hydrogens (primary N) is 1. The van der Waals surface area contributed by atoms with E-state index in [1.165, 1.54) is 12.4 Å². The molecule has 0 heterocycles. The molecule has 1 aromatic rings. The van der Waals surface area contributed by atoms with Gasteiger partial charge in [-0.05, 0) is 18.6 Å². The fraction of sp³-hybridized carbons (Fsp3) is 0.273. The molecular weight excluding hydrogens is 236 g/mol. The first kappa shape index (κ1) is 13.6. The van der Waals surface area contributed by atoms with Crippen LogP contribution in [0.3, 0.4) is 0 Å². The normalized spacial score (nSPS) is 11.2. The summed E-state index contributed by atoms with van der Waals surface area (Å²) in [7, 11) is 0. The number of benzene rings is 1. The van der Waals surface area contributed by atoms with Crippen molar-refractivity contribution < 1.29 is 9.66 Å². The number of hydrogen-bond acceptors (Lipinski definition) is 4. The minimum atomic E-state index is -0.475. The third kappa shape index (κ3) is 4.20. The Morgan fingerprint density at radius 1 is 1.56 bits per heavy atom. The van der Waals surface area contributed by atoms with Gasteiger partial charge in [0.1, 0.15) is 12.9 Å². The van der Waals surface area contributed by atoms with Gasteiger partial charge in [-0.25, -0.2) is 4.99 Å². The minimum Gasteiger partial charge on any atom is -0.485 e. The summed E-state index contributed by atoms with van der Waals surface area (Å²) in [6, 6.07) is 4.71. The molecule has 0 spiro atoms. The van der Waals surface area contributed by atoms with Crippen molar-refractivity contribution in [2.75, 3.05) is 13.2 Å². The van der Waals surface area contributed by atoms with Gasteiger partial charge in [0.25, 0.3) is 0 Å². The Kier molecular flexibility index (Phi) is 5.30. The highest BCUT2D eigenvalue weighted by atomic mass is 16.6. The van der Waals surface area contributed by atoms with Gasteiger partial charge in [-0.15, -0.1) is 0 Å². The summed E-state index contributed by atoms with van der Waals surface area (Å²) in [5, 5.41) is 10.8. The zero-order chi connectivity index (χ0) is 13.4. The Balaban J connectivity index is 2.60. The van der Waals surface area contributed by atoms with Crippen LogP contribution in [0.15, 0.2) is 28.2 Å². The first-order chi connectivity index (χ1) is 8.65. The number of nitro groups is 1. The second-order valence-corrected chi connectivity index (χ2v) is 3.40. The Morgan fingerprint density at radius 3 is 3.00 bits per heavy atom. The van der Waals surface area contributed by atoms with Crippen molar-refractivity contribution in [3.05, 3.63) is 33.9 Å². The van der Waals surface area contributed by atoms with Crippen molar-refractivity contribution in [1.29, 1.82) is 0 Å². The van der Waals surface area contributed by atoms with Crippen molar-refractivity contribution in [2.24, 2.45) is 15.7 Å².